The van der Waals surface area contributed by atoms with Gasteiger partial charge < -0.3 is 14.4 Å². The maximum Gasteiger partial charge on any atom is 0.411 e. The highest BCUT2D eigenvalue weighted by atomic mass is 19.1. The van der Waals surface area contributed by atoms with Crippen LogP contribution in [0.3, 0.4) is 0 Å². The quantitative estimate of drug-likeness (QED) is 0.872. The van der Waals surface area contributed by atoms with Gasteiger partial charge in [0.05, 0.1) is 24.9 Å². The smallest absolute Gasteiger partial charge is 0.411 e. The van der Waals surface area contributed by atoms with Gasteiger partial charge in [-0.1, -0.05) is 24.3 Å². The van der Waals surface area contributed by atoms with Crippen LogP contribution >= 0.6 is 0 Å². The second-order valence-corrected chi connectivity index (χ2v) is 5.17. The molecule has 0 radical (unpaired) electrons. The van der Waals surface area contributed by atoms with Crippen LogP contribution in [0.25, 0.3) is 0 Å². The number of hydrogen-bond acceptors (Lipinski definition) is 4. The van der Waals surface area contributed by atoms with Crippen LogP contribution in [0, 0.1) is 5.82 Å². The summed E-state index contributed by atoms with van der Waals surface area (Å²) in [4.78, 5) is 25.4. The average Bonchev–Trinajstić information content (AvgIpc) is 2.63. The highest BCUT2D eigenvalue weighted by Crippen LogP contribution is 2.18. The molecule has 7 heteroatoms. The number of carbonyl (C=O) groups is 2. The molecule has 1 N–H and O–H groups in total. The minimum atomic E-state index is -0.661. The number of benzene rings is 2. The lowest BCUT2D eigenvalue weighted by Gasteiger charge is -2.19. The van der Waals surface area contributed by atoms with Gasteiger partial charge in [-0.2, -0.15) is 0 Å². The summed E-state index contributed by atoms with van der Waals surface area (Å²) in [6.07, 6.45) is -0.661. The Bertz CT molecular complexity index is 751. The molecule has 2 rings (SSSR count). The fraction of sp³-hybridized carbons (Fsp3) is 0.222. The Labute approximate surface area is 145 Å². The van der Waals surface area contributed by atoms with E-state index in [2.05, 4.69) is 10.1 Å². The first-order chi connectivity index (χ1) is 12.0. The second kappa shape index (κ2) is 8.68. The summed E-state index contributed by atoms with van der Waals surface area (Å²) in [6, 6.07) is 12.7. The van der Waals surface area contributed by atoms with Crippen LogP contribution in [0.1, 0.15) is 10.4 Å². The molecule has 25 heavy (non-hydrogen) atoms. The van der Waals surface area contributed by atoms with Crippen LogP contribution in [0.4, 0.5) is 14.9 Å². The van der Waals surface area contributed by atoms with E-state index in [0.29, 0.717) is 11.3 Å². The van der Waals surface area contributed by atoms with Crippen molar-refractivity contribution in [3.05, 3.63) is 59.9 Å². The standard InChI is InChI=1S/C18H19FN2O4/c1-21(11-12-25-16-10-6-4-8-14(16)19)17(22)13-7-3-5-9-15(13)20-18(23)24-2/h3-10H,11-12H2,1-2H3,(H,20,23). The largest absolute Gasteiger partial charge is 0.489 e. The van der Waals surface area contributed by atoms with E-state index in [1.807, 2.05) is 0 Å². The van der Waals surface area contributed by atoms with Crippen molar-refractivity contribution in [2.45, 2.75) is 0 Å². The van der Waals surface area contributed by atoms with Gasteiger partial charge in [0, 0.05) is 7.05 Å². The average molecular weight is 346 g/mol. The van der Waals surface area contributed by atoms with Crippen LogP contribution in [-0.2, 0) is 4.74 Å². The number of nitrogens with zero attached hydrogens (tertiary/aromatic N) is 1. The van der Waals surface area contributed by atoms with Crippen molar-refractivity contribution in [2.75, 3.05) is 32.6 Å². The fourth-order valence-electron chi connectivity index (χ4n) is 2.10. The van der Waals surface area contributed by atoms with Crippen molar-refractivity contribution in [1.82, 2.24) is 4.90 Å². The van der Waals surface area contributed by atoms with E-state index in [-0.39, 0.29) is 24.8 Å². The molecule has 2 aromatic rings. The molecule has 0 aromatic heterocycles. The summed E-state index contributed by atoms with van der Waals surface area (Å²) >= 11 is 0. The van der Waals surface area contributed by atoms with Gasteiger partial charge >= 0.3 is 6.09 Å². The first kappa shape index (κ1) is 18.3. The van der Waals surface area contributed by atoms with Crippen LogP contribution in [0.15, 0.2) is 48.5 Å². The lowest BCUT2D eigenvalue weighted by Crippen LogP contribution is -2.31. The van der Waals surface area contributed by atoms with E-state index in [4.69, 9.17) is 4.74 Å². The molecule has 0 saturated heterocycles. The number of carbonyl (C=O) groups excluding carboxylic acids is 2. The van der Waals surface area contributed by atoms with Crippen molar-refractivity contribution in [2.24, 2.45) is 0 Å². The van der Waals surface area contributed by atoms with Crippen molar-refractivity contribution in [3.8, 4) is 5.75 Å². The molecule has 0 aliphatic heterocycles. The van der Waals surface area contributed by atoms with E-state index < -0.39 is 11.9 Å². The Morgan fingerprint density at radius 1 is 1.12 bits per heavy atom. The molecule has 132 valence electrons. The summed E-state index contributed by atoms with van der Waals surface area (Å²) in [5, 5.41) is 2.50. The van der Waals surface area contributed by atoms with Gasteiger partial charge in [-0.15, -0.1) is 0 Å². The van der Waals surface area contributed by atoms with E-state index in [9.17, 15) is 14.0 Å². The molecule has 0 fully saturated rings. The Balaban J connectivity index is 1.98. The molecular formula is C18H19FN2O4. The zero-order valence-electron chi connectivity index (χ0n) is 14.0. The van der Waals surface area contributed by atoms with Gasteiger partial charge in [0.25, 0.3) is 5.91 Å². The topological polar surface area (TPSA) is 67.9 Å². The predicted octanol–water partition coefficient (Wildman–Crippen LogP) is 3.16. The minimum Gasteiger partial charge on any atom is -0.489 e. The third-order valence-electron chi connectivity index (χ3n) is 3.45. The van der Waals surface area contributed by atoms with E-state index in [1.165, 1.54) is 24.1 Å². The fourth-order valence-corrected chi connectivity index (χ4v) is 2.10. The van der Waals surface area contributed by atoms with E-state index in [0.717, 1.165) is 0 Å². The van der Waals surface area contributed by atoms with Crippen molar-refractivity contribution < 1.29 is 23.5 Å². The number of rotatable bonds is 6. The lowest BCUT2D eigenvalue weighted by atomic mass is 10.1. The Morgan fingerprint density at radius 2 is 1.80 bits per heavy atom. The second-order valence-electron chi connectivity index (χ2n) is 5.17. The number of methoxy groups -OCH3 is 1. The van der Waals surface area contributed by atoms with Gasteiger partial charge in [0.15, 0.2) is 11.6 Å². The maximum atomic E-state index is 13.5. The maximum absolute atomic E-state index is 13.5. The summed E-state index contributed by atoms with van der Waals surface area (Å²) in [5.41, 5.74) is 0.669. The number of ether oxygens (including phenoxy) is 2. The van der Waals surface area contributed by atoms with Gasteiger partial charge in [-0.25, -0.2) is 9.18 Å². The monoisotopic (exact) mass is 346 g/mol. The molecular weight excluding hydrogens is 327 g/mol. The summed E-state index contributed by atoms with van der Waals surface area (Å²) in [5.74, 6) is -0.621. The van der Waals surface area contributed by atoms with Crippen molar-refractivity contribution in [3.63, 3.8) is 0 Å². The Hall–Kier alpha value is -3.09. The molecule has 0 aliphatic rings. The molecule has 2 amide bonds. The third-order valence-corrected chi connectivity index (χ3v) is 3.45. The SMILES string of the molecule is COC(=O)Nc1ccccc1C(=O)N(C)CCOc1ccccc1F. The van der Waals surface area contributed by atoms with Gasteiger partial charge in [0.2, 0.25) is 0 Å². The van der Waals surface area contributed by atoms with Crippen molar-refractivity contribution >= 4 is 17.7 Å². The number of halogens is 1. The van der Waals surface area contributed by atoms with Crippen LogP contribution in [-0.4, -0.2) is 44.2 Å². The third kappa shape index (κ3) is 4.94. The zero-order chi connectivity index (χ0) is 18.2. The molecule has 0 unspecified atom stereocenters. The molecule has 0 aliphatic carbocycles. The van der Waals surface area contributed by atoms with E-state index >= 15 is 0 Å². The summed E-state index contributed by atoms with van der Waals surface area (Å²) < 4.78 is 23.4. The van der Waals surface area contributed by atoms with Crippen molar-refractivity contribution in [1.29, 1.82) is 0 Å². The lowest BCUT2D eigenvalue weighted by molar-refractivity contribution is 0.0774. The molecule has 0 spiro atoms. The number of anilines is 1. The Kier molecular flexibility index (Phi) is 6.33. The molecule has 2 aromatic carbocycles. The van der Waals surface area contributed by atoms with E-state index in [1.54, 1.807) is 43.4 Å². The number of likely N-dealkylation sites (N-methyl/N-ethyl adjacent to an activating group) is 1. The highest BCUT2D eigenvalue weighted by molar-refractivity contribution is 6.02. The first-order valence-electron chi connectivity index (χ1n) is 7.59. The van der Waals surface area contributed by atoms with Gasteiger partial charge in [-0.3, -0.25) is 10.1 Å². The molecule has 0 bridgehead atoms. The predicted molar refractivity (Wildman–Crippen MR) is 91.3 cm³/mol. The first-order valence-corrected chi connectivity index (χ1v) is 7.59. The normalized spacial score (nSPS) is 10.0. The number of hydrogen-bond donors (Lipinski definition) is 1. The Morgan fingerprint density at radius 3 is 2.52 bits per heavy atom. The molecule has 0 saturated carbocycles. The van der Waals surface area contributed by atoms with Gasteiger partial charge in [-0.05, 0) is 24.3 Å². The number of para-hydroxylation sites is 2. The number of amides is 2. The minimum absolute atomic E-state index is 0.135. The highest BCUT2D eigenvalue weighted by Gasteiger charge is 2.17. The summed E-state index contributed by atoms with van der Waals surface area (Å²) in [7, 11) is 2.84. The molecule has 0 heterocycles. The van der Waals surface area contributed by atoms with Crippen LogP contribution in [0.2, 0.25) is 0 Å². The van der Waals surface area contributed by atoms with Crippen LogP contribution < -0.4 is 10.1 Å². The number of nitrogens with one attached hydrogen (secondary N) is 1. The molecule has 0 atom stereocenters. The van der Waals surface area contributed by atoms with Gasteiger partial charge in [0.1, 0.15) is 6.61 Å². The van der Waals surface area contributed by atoms with Crippen LogP contribution in [0.5, 0.6) is 5.75 Å². The summed E-state index contributed by atoms with van der Waals surface area (Å²) in [6.45, 7) is 0.384. The zero-order valence-corrected chi connectivity index (χ0v) is 14.0. The molecule has 6 nitrogen and oxygen atoms in total.